The third-order valence-electron chi connectivity index (χ3n) is 5.11. The van der Waals surface area contributed by atoms with E-state index in [0.29, 0.717) is 12.2 Å². The van der Waals surface area contributed by atoms with Crippen LogP contribution in [0.15, 0.2) is 66.3 Å². The highest BCUT2D eigenvalue weighted by Crippen LogP contribution is 2.23. The molecule has 6 nitrogen and oxygen atoms in total. The van der Waals surface area contributed by atoms with Crippen LogP contribution >= 0.6 is 11.3 Å². The Hall–Kier alpha value is -3.16. The van der Waals surface area contributed by atoms with Crippen LogP contribution in [0.1, 0.15) is 23.2 Å². The number of carbonyl (C=O) groups is 1. The molecule has 0 bridgehead atoms. The Kier molecular flexibility index (Phi) is 5.21. The summed E-state index contributed by atoms with van der Waals surface area (Å²) in [4.78, 5) is 18.1. The first-order valence-electron chi connectivity index (χ1n) is 9.93. The van der Waals surface area contributed by atoms with Crippen LogP contribution < -0.4 is 10.1 Å². The van der Waals surface area contributed by atoms with Crippen molar-refractivity contribution in [3.05, 3.63) is 71.9 Å². The minimum atomic E-state index is -0.157. The molecule has 0 radical (unpaired) electrons. The summed E-state index contributed by atoms with van der Waals surface area (Å²) in [5, 5.41) is 4.94. The van der Waals surface area contributed by atoms with E-state index >= 15 is 0 Å². The van der Waals surface area contributed by atoms with Crippen molar-refractivity contribution in [3.8, 4) is 17.0 Å². The Balaban J connectivity index is 1.19. The fraction of sp³-hybridized carbons (Fsp3) is 0.217. The summed E-state index contributed by atoms with van der Waals surface area (Å²) in [6, 6.07) is 14.9. The average molecular weight is 420 g/mol. The third-order valence-corrected chi connectivity index (χ3v) is 5.88. The number of hydrogen-bond donors (Lipinski definition) is 1. The summed E-state index contributed by atoms with van der Waals surface area (Å²) in [5.74, 6) is 0.585. The summed E-state index contributed by atoms with van der Waals surface area (Å²) in [7, 11) is 0. The number of nitrogens with one attached hydrogen (secondary N) is 1. The van der Waals surface area contributed by atoms with Crippen molar-refractivity contribution in [1.29, 1.82) is 0 Å². The van der Waals surface area contributed by atoms with E-state index in [9.17, 15) is 4.79 Å². The monoisotopic (exact) mass is 419 g/mol. The fourth-order valence-corrected chi connectivity index (χ4v) is 4.16. The molecule has 2 aromatic carbocycles. The molecule has 0 aliphatic carbocycles. The molecule has 152 valence electrons. The molecule has 0 spiro atoms. The molecule has 0 unspecified atom stereocenters. The molecule has 1 aliphatic rings. The molecule has 3 heterocycles. The molecule has 7 heteroatoms. The zero-order valence-electron chi connectivity index (χ0n) is 16.3. The molecular formula is C23H21N3O3S. The summed E-state index contributed by atoms with van der Waals surface area (Å²) in [6.45, 7) is 1.36. The maximum Gasteiger partial charge on any atom is 0.255 e. The van der Waals surface area contributed by atoms with Crippen LogP contribution in [0.3, 0.4) is 0 Å². The van der Waals surface area contributed by atoms with Gasteiger partial charge in [0.25, 0.3) is 5.91 Å². The number of carbonyl (C=O) groups excluding carboxylic acids is 1. The zero-order chi connectivity index (χ0) is 20.3. The standard InChI is InChI=1S/C23H21N3O3S/c27-22(17-5-9-19(10-6-17)29-15-20-2-1-12-28-20)24-18-7-3-16(4-8-18)21-14-26-11-13-30-23(26)25-21/h3-11,13-14,20H,1-2,12,15H2,(H,24,27)/t20-/m1/s1. The maximum absolute atomic E-state index is 12.5. The minimum Gasteiger partial charge on any atom is -0.491 e. The van der Waals surface area contributed by atoms with Crippen molar-refractivity contribution in [2.24, 2.45) is 0 Å². The SMILES string of the molecule is O=C(Nc1ccc(-c2cn3ccsc3n2)cc1)c1ccc(OC[C@H]2CCCO2)cc1. The van der Waals surface area contributed by atoms with Gasteiger partial charge in [-0.05, 0) is 49.2 Å². The van der Waals surface area contributed by atoms with Gasteiger partial charge in [0.1, 0.15) is 12.4 Å². The van der Waals surface area contributed by atoms with E-state index < -0.39 is 0 Å². The minimum absolute atomic E-state index is 0.157. The number of anilines is 1. The lowest BCUT2D eigenvalue weighted by atomic mass is 10.1. The molecule has 30 heavy (non-hydrogen) atoms. The smallest absolute Gasteiger partial charge is 0.255 e. The van der Waals surface area contributed by atoms with Crippen LogP contribution in [0.4, 0.5) is 5.69 Å². The van der Waals surface area contributed by atoms with Gasteiger partial charge in [-0.3, -0.25) is 9.20 Å². The highest BCUT2D eigenvalue weighted by Gasteiger charge is 2.16. The van der Waals surface area contributed by atoms with Crippen molar-refractivity contribution >= 4 is 27.9 Å². The highest BCUT2D eigenvalue weighted by atomic mass is 32.1. The number of hydrogen-bond acceptors (Lipinski definition) is 5. The number of imidazole rings is 1. The van der Waals surface area contributed by atoms with Gasteiger partial charge in [-0.15, -0.1) is 11.3 Å². The lowest BCUT2D eigenvalue weighted by Gasteiger charge is -2.12. The fourth-order valence-electron chi connectivity index (χ4n) is 3.46. The average Bonchev–Trinajstić information content (AvgIpc) is 3.51. The lowest BCUT2D eigenvalue weighted by Crippen LogP contribution is -2.16. The van der Waals surface area contributed by atoms with Gasteiger partial charge in [0.05, 0.1) is 11.8 Å². The number of ether oxygens (including phenoxy) is 2. The van der Waals surface area contributed by atoms with Crippen molar-refractivity contribution in [1.82, 2.24) is 9.38 Å². The predicted molar refractivity (Wildman–Crippen MR) is 117 cm³/mol. The quantitative estimate of drug-likeness (QED) is 0.484. The van der Waals surface area contributed by atoms with Crippen LogP contribution in [0.25, 0.3) is 16.2 Å². The largest absolute Gasteiger partial charge is 0.491 e. The Morgan fingerprint density at radius 3 is 2.77 bits per heavy atom. The van der Waals surface area contributed by atoms with Crippen LogP contribution in [0, 0.1) is 0 Å². The van der Waals surface area contributed by atoms with E-state index in [1.54, 1.807) is 23.5 Å². The van der Waals surface area contributed by atoms with Crippen molar-refractivity contribution in [2.75, 3.05) is 18.5 Å². The zero-order valence-corrected chi connectivity index (χ0v) is 17.1. The summed E-state index contributed by atoms with van der Waals surface area (Å²) >= 11 is 1.60. The maximum atomic E-state index is 12.5. The van der Waals surface area contributed by atoms with Crippen molar-refractivity contribution in [3.63, 3.8) is 0 Å². The van der Waals surface area contributed by atoms with Crippen LogP contribution in [-0.4, -0.2) is 34.6 Å². The molecule has 1 fully saturated rings. The molecule has 4 aromatic rings. The molecule has 5 rings (SSSR count). The first-order valence-corrected chi connectivity index (χ1v) is 10.8. The van der Waals surface area contributed by atoms with Crippen molar-refractivity contribution < 1.29 is 14.3 Å². The molecule has 1 N–H and O–H groups in total. The molecule has 1 amide bonds. The number of thiazole rings is 1. The molecule has 0 saturated carbocycles. The highest BCUT2D eigenvalue weighted by molar-refractivity contribution is 7.15. The second-order valence-electron chi connectivity index (χ2n) is 7.22. The molecule has 1 saturated heterocycles. The Morgan fingerprint density at radius 1 is 1.20 bits per heavy atom. The van der Waals surface area contributed by atoms with E-state index in [4.69, 9.17) is 9.47 Å². The second-order valence-corrected chi connectivity index (χ2v) is 8.09. The predicted octanol–water partition coefficient (Wildman–Crippen LogP) is 4.87. The van der Waals surface area contributed by atoms with Crippen molar-refractivity contribution in [2.45, 2.75) is 18.9 Å². The Bertz CT molecular complexity index is 1110. The van der Waals surface area contributed by atoms with Gasteiger partial charge in [0, 0.05) is 41.2 Å². The number of rotatable bonds is 6. The molecule has 1 atom stereocenters. The number of aromatic nitrogens is 2. The summed E-state index contributed by atoms with van der Waals surface area (Å²) in [6.07, 6.45) is 6.30. The van der Waals surface area contributed by atoms with Gasteiger partial charge in [0.15, 0.2) is 4.96 Å². The Morgan fingerprint density at radius 2 is 2.03 bits per heavy atom. The summed E-state index contributed by atoms with van der Waals surface area (Å²) in [5.41, 5.74) is 3.25. The van der Waals surface area contributed by atoms with E-state index in [2.05, 4.69) is 10.3 Å². The molecular weight excluding hydrogens is 398 g/mol. The number of benzene rings is 2. The van der Waals surface area contributed by atoms with E-state index in [1.807, 2.05) is 58.6 Å². The first-order chi connectivity index (χ1) is 14.7. The number of amides is 1. The van der Waals surface area contributed by atoms with Gasteiger partial charge in [-0.25, -0.2) is 4.98 Å². The van der Waals surface area contributed by atoms with Gasteiger partial charge in [-0.2, -0.15) is 0 Å². The van der Waals surface area contributed by atoms with Gasteiger partial charge >= 0.3 is 0 Å². The lowest BCUT2D eigenvalue weighted by molar-refractivity contribution is 0.0679. The van der Waals surface area contributed by atoms with E-state index in [1.165, 1.54) is 0 Å². The van der Waals surface area contributed by atoms with Gasteiger partial charge in [-0.1, -0.05) is 12.1 Å². The first kappa shape index (κ1) is 18.8. The van der Waals surface area contributed by atoms with Crippen LogP contribution in [-0.2, 0) is 4.74 Å². The topological polar surface area (TPSA) is 64.9 Å². The molecule has 2 aromatic heterocycles. The Labute approximate surface area is 178 Å². The van der Waals surface area contributed by atoms with Gasteiger partial charge in [0.2, 0.25) is 0 Å². The van der Waals surface area contributed by atoms with Crippen LogP contribution in [0.5, 0.6) is 5.75 Å². The number of nitrogens with zero attached hydrogens (tertiary/aromatic N) is 2. The van der Waals surface area contributed by atoms with Crippen LogP contribution in [0.2, 0.25) is 0 Å². The normalized spacial score (nSPS) is 16.1. The molecule has 1 aliphatic heterocycles. The van der Waals surface area contributed by atoms with E-state index in [0.717, 1.165) is 47.1 Å². The second kappa shape index (κ2) is 8.30. The third kappa shape index (κ3) is 4.08. The van der Waals surface area contributed by atoms with Gasteiger partial charge < -0.3 is 14.8 Å². The number of fused-ring (bicyclic) bond motifs is 1. The summed E-state index contributed by atoms with van der Waals surface area (Å²) < 4.78 is 13.3. The van der Waals surface area contributed by atoms with E-state index in [-0.39, 0.29) is 12.0 Å².